The van der Waals surface area contributed by atoms with Gasteiger partial charge in [0.1, 0.15) is 4.88 Å². The Bertz CT molecular complexity index is 657. The van der Waals surface area contributed by atoms with Crippen LogP contribution < -0.4 is 5.32 Å². The molecule has 0 spiro atoms. The van der Waals surface area contributed by atoms with Gasteiger partial charge in [-0.25, -0.2) is 4.79 Å². The fraction of sp³-hybridized carbons (Fsp3) is 0.286. The van der Waals surface area contributed by atoms with Gasteiger partial charge < -0.3 is 10.4 Å². The Balaban J connectivity index is 2.10. The lowest BCUT2D eigenvalue weighted by Gasteiger charge is -2.13. The summed E-state index contributed by atoms with van der Waals surface area (Å²) in [6, 6.07) is 4.97. The van der Waals surface area contributed by atoms with E-state index < -0.39 is 5.97 Å². The number of nitrogens with one attached hydrogen (secondary N) is 1. The topological polar surface area (TPSA) is 66.4 Å². The summed E-state index contributed by atoms with van der Waals surface area (Å²) in [6.07, 6.45) is 0. The number of amides is 1. The van der Waals surface area contributed by atoms with Crippen molar-refractivity contribution < 1.29 is 14.7 Å². The first-order valence-electron chi connectivity index (χ1n) is 6.09. The summed E-state index contributed by atoms with van der Waals surface area (Å²) in [6.45, 7) is 6.00. The number of thiophene rings is 2. The van der Waals surface area contributed by atoms with E-state index in [0.717, 1.165) is 16.9 Å². The van der Waals surface area contributed by atoms with Gasteiger partial charge in [-0.15, -0.1) is 22.7 Å². The van der Waals surface area contributed by atoms with Gasteiger partial charge >= 0.3 is 5.97 Å². The summed E-state index contributed by atoms with van der Waals surface area (Å²) in [5.41, 5.74) is 1.11. The van der Waals surface area contributed by atoms with Gasteiger partial charge in [0.15, 0.2) is 0 Å². The minimum absolute atomic E-state index is 0.0946. The van der Waals surface area contributed by atoms with Crippen molar-refractivity contribution in [1.29, 1.82) is 0 Å². The Morgan fingerprint density at radius 2 is 1.85 bits per heavy atom. The maximum Gasteiger partial charge on any atom is 0.345 e. The molecule has 2 heterocycles. The van der Waals surface area contributed by atoms with Crippen molar-refractivity contribution in [2.75, 3.05) is 0 Å². The highest BCUT2D eigenvalue weighted by molar-refractivity contribution is 7.15. The molecule has 1 unspecified atom stereocenters. The summed E-state index contributed by atoms with van der Waals surface area (Å²) >= 11 is 2.69. The van der Waals surface area contributed by atoms with Crippen LogP contribution in [0, 0.1) is 13.8 Å². The Kier molecular flexibility index (Phi) is 4.25. The maximum atomic E-state index is 12.1. The molecule has 1 atom stereocenters. The van der Waals surface area contributed by atoms with Gasteiger partial charge in [-0.1, -0.05) is 0 Å². The van der Waals surface area contributed by atoms with E-state index in [4.69, 9.17) is 5.11 Å². The number of hydrogen-bond acceptors (Lipinski definition) is 4. The second-order valence-corrected chi connectivity index (χ2v) is 7.08. The molecule has 0 saturated carbocycles. The number of carboxylic acids is 1. The third kappa shape index (κ3) is 3.08. The van der Waals surface area contributed by atoms with Crippen molar-refractivity contribution in [2.24, 2.45) is 0 Å². The minimum atomic E-state index is -1.01. The number of carbonyl (C=O) groups excluding carboxylic acids is 1. The quantitative estimate of drug-likeness (QED) is 0.906. The number of carboxylic acid groups (broad SMARTS) is 1. The number of rotatable bonds is 4. The second kappa shape index (κ2) is 5.76. The molecule has 0 aliphatic rings. The van der Waals surface area contributed by atoms with Crippen LogP contribution in [0.3, 0.4) is 0 Å². The van der Waals surface area contributed by atoms with Crippen LogP contribution in [0.15, 0.2) is 18.2 Å². The summed E-state index contributed by atoms with van der Waals surface area (Å²) in [5, 5.41) is 11.8. The average Bonchev–Trinajstić information content (AvgIpc) is 2.95. The molecule has 0 saturated heterocycles. The third-order valence-corrected chi connectivity index (χ3v) is 4.99. The molecule has 0 bridgehead atoms. The van der Waals surface area contributed by atoms with E-state index in [-0.39, 0.29) is 16.8 Å². The van der Waals surface area contributed by atoms with Crippen LogP contribution in [-0.2, 0) is 0 Å². The molecule has 106 valence electrons. The molecular weight excluding hydrogens is 294 g/mol. The first kappa shape index (κ1) is 14.7. The molecule has 2 rings (SSSR count). The standard InChI is InChI=1S/C14H15NO3S2/c1-7-6-10(9(3)19-7)8(2)15-13(16)11-4-5-12(20-11)14(17)18/h4-6,8H,1-3H3,(H,15,16)(H,17,18). The first-order chi connectivity index (χ1) is 9.38. The van der Waals surface area contributed by atoms with Crippen molar-refractivity contribution in [1.82, 2.24) is 5.32 Å². The molecule has 2 aromatic rings. The zero-order chi connectivity index (χ0) is 14.9. The van der Waals surface area contributed by atoms with Crippen LogP contribution in [0.5, 0.6) is 0 Å². The molecule has 6 heteroatoms. The normalized spacial score (nSPS) is 12.2. The van der Waals surface area contributed by atoms with Crippen LogP contribution in [0.4, 0.5) is 0 Å². The molecule has 1 amide bonds. The zero-order valence-corrected chi connectivity index (χ0v) is 13.0. The third-order valence-electron chi connectivity index (χ3n) is 2.93. The average molecular weight is 309 g/mol. The van der Waals surface area contributed by atoms with Gasteiger partial charge in [-0.2, -0.15) is 0 Å². The van der Waals surface area contributed by atoms with E-state index in [9.17, 15) is 9.59 Å². The highest BCUT2D eigenvalue weighted by atomic mass is 32.1. The fourth-order valence-corrected chi connectivity index (χ4v) is 3.77. The Morgan fingerprint density at radius 3 is 2.35 bits per heavy atom. The molecule has 0 fully saturated rings. The molecule has 4 nitrogen and oxygen atoms in total. The summed E-state index contributed by atoms with van der Waals surface area (Å²) in [7, 11) is 0. The van der Waals surface area contributed by atoms with Gasteiger partial charge in [-0.05, 0) is 44.5 Å². The van der Waals surface area contributed by atoms with Crippen molar-refractivity contribution in [3.05, 3.63) is 43.3 Å². The van der Waals surface area contributed by atoms with Crippen LogP contribution >= 0.6 is 22.7 Å². The molecule has 0 aliphatic carbocycles. The van der Waals surface area contributed by atoms with Gasteiger partial charge in [0.2, 0.25) is 0 Å². The van der Waals surface area contributed by atoms with Crippen molar-refractivity contribution in [3.63, 3.8) is 0 Å². The SMILES string of the molecule is Cc1cc(C(C)NC(=O)c2ccc(C(=O)O)s2)c(C)s1. The Hall–Kier alpha value is -1.66. The zero-order valence-electron chi connectivity index (χ0n) is 11.4. The predicted molar refractivity (Wildman–Crippen MR) is 81.0 cm³/mol. The Labute approximate surface area is 125 Å². The van der Waals surface area contributed by atoms with Crippen molar-refractivity contribution >= 4 is 34.6 Å². The predicted octanol–water partition coefficient (Wildman–Crippen LogP) is 3.62. The summed E-state index contributed by atoms with van der Waals surface area (Å²) in [4.78, 5) is 25.9. The van der Waals surface area contributed by atoms with Crippen molar-refractivity contribution in [3.8, 4) is 0 Å². The molecular formula is C14H15NO3S2. The number of hydrogen-bond donors (Lipinski definition) is 2. The number of aromatic carboxylic acids is 1. The lowest BCUT2D eigenvalue weighted by molar-refractivity contribution is 0.0702. The highest BCUT2D eigenvalue weighted by Crippen LogP contribution is 2.26. The van der Waals surface area contributed by atoms with Crippen LogP contribution in [-0.4, -0.2) is 17.0 Å². The van der Waals surface area contributed by atoms with E-state index in [1.165, 1.54) is 15.8 Å². The van der Waals surface area contributed by atoms with Crippen LogP contribution in [0.1, 0.15) is 47.6 Å². The van der Waals surface area contributed by atoms with Crippen LogP contribution in [0.25, 0.3) is 0 Å². The van der Waals surface area contributed by atoms with E-state index >= 15 is 0 Å². The smallest absolute Gasteiger partial charge is 0.345 e. The lowest BCUT2D eigenvalue weighted by atomic mass is 10.1. The minimum Gasteiger partial charge on any atom is -0.477 e. The van der Waals surface area contributed by atoms with E-state index in [1.54, 1.807) is 17.4 Å². The highest BCUT2D eigenvalue weighted by Gasteiger charge is 2.17. The molecule has 0 aromatic carbocycles. The number of aryl methyl sites for hydroxylation is 2. The summed E-state index contributed by atoms with van der Waals surface area (Å²) < 4.78 is 0. The monoisotopic (exact) mass is 309 g/mol. The summed E-state index contributed by atoms with van der Waals surface area (Å²) in [5.74, 6) is -1.25. The van der Waals surface area contributed by atoms with Gasteiger partial charge in [0, 0.05) is 9.75 Å². The van der Waals surface area contributed by atoms with E-state index in [2.05, 4.69) is 11.4 Å². The molecule has 20 heavy (non-hydrogen) atoms. The van der Waals surface area contributed by atoms with Gasteiger partial charge in [0.25, 0.3) is 5.91 Å². The molecule has 2 N–H and O–H groups in total. The second-order valence-electron chi connectivity index (χ2n) is 4.53. The Morgan fingerprint density at radius 1 is 1.20 bits per heavy atom. The molecule has 0 aliphatic heterocycles. The molecule has 2 aromatic heterocycles. The van der Waals surface area contributed by atoms with Crippen molar-refractivity contribution in [2.45, 2.75) is 26.8 Å². The maximum absolute atomic E-state index is 12.1. The largest absolute Gasteiger partial charge is 0.477 e. The molecule has 0 radical (unpaired) electrons. The van der Waals surface area contributed by atoms with E-state index in [0.29, 0.717) is 4.88 Å². The van der Waals surface area contributed by atoms with Gasteiger partial charge in [0.05, 0.1) is 10.9 Å². The van der Waals surface area contributed by atoms with E-state index in [1.807, 2.05) is 20.8 Å². The van der Waals surface area contributed by atoms with Gasteiger partial charge in [-0.3, -0.25) is 4.79 Å². The lowest BCUT2D eigenvalue weighted by Crippen LogP contribution is -2.25. The first-order valence-corrected chi connectivity index (χ1v) is 7.72. The number of carbonyl (C=O) groups is 2. The fourth-order valence-electron chi connectivity index (χ4n) is 2.00. The van der Waals surface area contributed by atoms with Crippen LogP contribution in [0.2, 0.25) is 0 Å².